The van der Waals surface area contributed by atoms with Gasteiger partial charge in [-0.05, 0) is 62.1 Å². The average Bonchev–Trinajstić information content (AvgIpc) is 3.00. The van der Waals surface area contributed by atoms with Crippen molar-refractivity contribution >= 4 is 11.6 Å². The Bertz CT molecular complexity index is 651. The number of nitrogens with zero attached hydrogens (tertiary/aromatic N) is 2. The first-order chi connectivity index (χ1) is 12.4. The summed E-state index contributed by atoms with van der Waals surface area (Å²) in [5.74, 6) is 2.18. The Hall–Kier alpha value is -1.77. The van der Waals surface area contributed by atoms with E-state index in [4.69, 9.17) is 0 Å². The van der Waals surface area contributed by atoms with Crippen LogP contribution in [0.5, 0.6) is 0 Å². The van der Waals surface area contributed by atoms with Crippen LogP contribution in [0, 0.1) is 24.7 Å². The number of amides is 1. The van der Waals surface area contributed by atoms with E-state index in [1.807, 2.05) is 0 Å². The number of carbonyl (C=O) groups is 1. The zero-order valence-electron chi connectivity index (χ0n) is 16.8. The van der Waals surface area contributed by atoms with Crippen LogP contribution >= 0.6 is 0 Å². The van der Waals surface area contributed by atoms with Crippen LogP contribution in [0.25, 0.3) is 0 Å². The second kappa shape index (κ2) is 8.28. The molecule has 3 heteroatoms. The van der Waals surface area contributed by atoms with E-state index in [-0.39, 0.29) is 0 Å². The first-order valence-electron chi connectivity index (χ1n) is 10.2. The van der Waals surface area contributed by atoms with Gasteiger partial charge >= 0.3 is 0 Å². The van der Waals surface area contributed by atoms with Gasteiger partial charge in [0.1, 0.15) is 0 Å². The molecule has 1 amide bonds. The molecule has 1 saturated heterocycles. The number of rotatable bonds is 5. The van der Waals surface area contributed by atoms with Crippen molar-refractivity contribution in [1.82, 2.24) is 4.90 Å². The van der Waals surface area contributed by atoms with E-state index in [1.54, 1.807) is 0 Å². The monoisotopic (exact) mass is 354 g/mol. The molecule has 1 fully saturated rings. The van der Waals surface area contributed by atoms with Crippen LogP contribution in [0.1, 0.15) is 45.6 Å². The molecule has 3 unspecified atom stereocenters. The van der Waals surface area contributed by atoms with Gasteiger partial charge in [-0.25, -0.2) is 0 Å². The molecule has 1 aromatic rings. The lowest BCUT2D eigenvalue weighted by Crippen LogP contribution is -2.54. The highest BCUT2D eigenvalue weighted by Gasteiger charge is 2.29. The van der Waals surface area contributed by atoms with Gasteiger partial charge in [-0.15, -0.1) is 0 Å². The highest BCUT2D eigenvalue weighted by atomic mass is 16.2. The number of carbonyl (C=O) groups excluding carboxylic acids is 1. The molecule has 0 N–H and O–H groups in total. The minimum absolute atomic E-state index is 0.334. The summed E-state index contributed by atoms with van der Waals surface area (Å²) in [5.41, 5.74) is 2.57. The van der Waals surface area contributed by atoms with Crippen LogP contribution < -0.4 is 4.90 Å². The minimum atomic E-state index is 0.334. The number of hydrogen-bond donors (Lipinski definition) is 0. The second-order valence-corrected chi connectivity index (χ2v) is 8.70. The summed E-state index contributed by atoms with van der Waals surface area (Å²) >= 11 is 0. The Labute approximate surface area is 159 Å². The Morgan fingerprint density at radius 2 is 1.96 bits per heavy atom. The predicted molar refractivity (Wildman–Crippen MR) is 109 cm³/mol. The normalized spacial score (nSPS) is 26.0. The molecular formula is C23H34N2O. The quantitative estimate of drug-likeness (QED) is 0.718. The lowest BCUT2D eigenvalue weighted by atomic mass is 9.93. The highest BCUT2D eigenvalue weighted by molar-refractivity contribution is 5.77. The summed E-state index contributed by atoms with van der Waals surface area (Å²) in [4.78, 5) is 17.3. The summed E-state index contributed by atoms with van der Waals surface area (Å²) < 4.78 is 0. The van der Waals surface area contributed by atoms with Gasteiger partial charge in [-0.1, -0.05) is 38.1 Å². The van der Waals surface area contributed by atoms with Gasteiger partial charge in [0, 0.05) is 37.8 Å². The van der Waals surface area contributed by atoms with Gasteiger partial charge in [-0.2, -0.15) is 0 Å². The first kappa shape index (κ1) is 19.0. The van der Waals surface area contributed by atoms with Crippen LogP contribution in [-0.4, -0.2) is 36.5 Å². The van der Waals surface area contributed by atoms with Gasteiger partial charge in [-0.3, -0.25) is 4.79 Å². The molecule has 0 bridgehead atoms. The molecule has 26 heavy (non-hydrogen) atoms. The number of hydrogen-bond acceptors (Lipinski definition) is 2. The highest BCUT2D eigenvalue weighted by Crippen LogP contribution is 2.31. The fourth-order valence-corrected chi connectivity index (χ4v) is 4.52. The van der Waals surface area contributed by atoms with Crippen molar-refractivity contribution in [2.24, 2.45) is 17.8 Å². The van der Waals surface area contributed by atoms with Crippen molar-refractivity contribution in [2.75, 3.05) is 24.5 Å². The van der Waals surface area contributed by atoms with E-state index < -0.39 is 0 Å². The van der Waals surface area contributed by atoms with E-state index in [0.717, 1.165) is 32.0 Å². The summed E-state index contributed by atoms with van der Waals surface area (Å²) in [6.45, 7) is 11.5. The predicted octanol–water partition coefficient (Wildman–Crippen LogP) is 4.66. The van der Waals surface area contributed by atoms with Crippen LogP contribution in [-0.2, 0) is 4.79 Å². The van der Waals surface area contributed by atoms with Crippen molar-refractivity contribution in [3.05, 3.63) is 42.0 Å². The van der Waals surface area contributed by atoms with E-state index in [9.17, 15) is 4.79 Å². The molecule has 1 heterocycles. The second-order valence-electron chi connectivity index (χ2n) is 8.70. The van der Waals surface area contributed by atoms with Crippen molar-refractivity contribution < 1.29 is 4.79 Å². The fraction of sp³-hybridized carbons (Fsp3) is 0.609. The molecule has 3 nitrogen and oxygen atoms in total. The van der Waals surface area contributed by atoms with Crippen molar-refractivity contribution in [2.45, 2.75) is 53.0 Å². The lowest BCUT2D eigenvalue weighted by molar-refractivity contribution is -0.132. The number of piperazine rings is 1. The summed E-state index contributed by atoms with van der Waals surface area (Å²) in [7, 11) is 0. The molecule has 142 valence electrons. The maximum absolute atomic E-state index is 12.8. The molecule has 3 atom stereocenters. The number of allylic oxidation sites excluding steroid dienone is 2. The molecule has 0 radical (unpaired) electrons. The lowest BCUT2D eigenvalue weighted by Gasteiger charge is -2.41. The molecule has 1 aliphatic heterocycles. The maximum atomic E-state index is 12.8. The minimum Gasteiger partial charge on any atom is -0.365 e. The van der Waals surface area contributed by atoms with Crippen molar-refractivity contribution in [3.63, 3.8) is 0 Å². The Morgan fingerprint density at radius 3 is 2.65 bits per heavy atom. The summed E-state index contributed by atoms with van der Waals surface area (Å²) in [6, 6.07) is 9.04. The van der Waals surface area contributed by atoms with E-state index in [0.29, 0.717) is 30.2 Å². The SMILES string of the molecule is Cc1cccc(N2CCN(C(=O)CC3C=CC(CC(C)C)C3)CC2C)c1. The van der Waals surface area contributed by atoms with E-state index in [1.165, 1.54) is 17.7 Å². The number of anilines is 1. The summed E-state index contributed by atoms with van der Waals surface area (Å²) in [5, 5.41) is 0. The van der Waals surface area contributed by atoms with E-state index in [2.05, 4.69) is 73.9 Å². The van der Waals surface area contributed by atoms with Gasteiger partial charge in [0.25, 0.3) is 0 Å². The molecule has 0 saturated carbocycles. The Morgan fingerprint density at radius 1 is 1.19 bits per heavy atom. The van der Waals surface area contributed by atoms with Crippen molar-refractivity contribution in [1.29, 1.82) is 0 Å². The van der Waals surface area contributed by atoms with Crippen LogP contribution in [0.15, 0.2) is 36.4 Å². The van der Waals surface area contributed by atoms with Crippen LogP contribution in [0.2, 0.25) is 0 Å². The maximum Gasteiger partial charge on any atom is 0.223 e. The molecule has 1 aromatic carbocycles. The molecule has 1 aliphatic carbocycles. The third-order valence-corrected chi connectivity index (χ3v) is 5.79. The first-order valence-corrected chi connectivity index (χ1v) is 10.2. The van der Waals surface area contributed by atoms with Gasteiger partial charge in [0.05, 0.1) is 0 Å². The van der Waals surface area contributed by atoms with Gasteiger partial charge in [0.15, 0.2) is 0 Å². The largest absolute Gasteiger partial charge is 0.365 e. The topological polar surface area (TPSA) is 23.6 Å². The fourth-order valence-electron chi connectivity index (χ4n) is 4.52. The molecular weight excluding hydrogens is 320 g/mol. The number of aryl methyl sites for hydroxylation is 1. The van der Waals surface area contributed by atoms with E-state index >= 15 is 0 Å². The number of benzene rings is 1. The molecule has 2 aliphatic rings. The Balaban J connectivity index is 1.51. The molecule has 0 spiro atoms. The van der Waals surface area contributed by atoms with Crippen molar-refractivity contribution in [3.8, 4) is 0 Å². The van der Waals surface area contributed by atoms with Gasteiger partial charge in [0.2, 0.25) is 5.91 Å². The zero-order chi connectivity index (χ0) is 18.7. The van der Waals surface area contributed by atoms with Crippen LogP contribution in [0.4, 0.5) is 5.69 Å². The smallest absolute Gasteiger partial charge is 0.223 e. The Kier molecular flexibility index (Phi) is 6.05. The standard InChI is InChI=1S/C23H34N2O/c1-17(2)12-20-8-9-21(14-20)15-23(26)24-10-11-25(19(4)16-24)22-7-5-6-18(3)13-22/h5-9,13,17,19-21H,10-12,14-16H2,1-4H3. The molecule has 0 aromatic heterocycles. The third-order valence-electron chi connectivity index (χ3n) is 5.79. The van der Waals surface area contributed by atoms with Gasteiger partial charge < -0.3 is 9.80 Å². The average molecular weight is 355 g/mol. The van der Waals surface area contributed by atoms with Crippen LogP contribution in [0.3, 0.4) is 0 Å². The zero-order valence-corrected chi connectivity index (χ0v) is 16.8. The third kappa shape index (κ3) is 4.69. The summed E-state index contributed by atoms with van der Waals surface area (Å²) in [6.07, 6.45) is 7.71. The molecule has 3 rings (SSSR count).